The molecule has 1 aliphatic heterocycles. The summed E-state index contributed by atoms with van der Waals surface area (Å²) in [7, 11) is 1.62. The van der Waals surface area contributed by atoms with Crippen molar-refractivity contribution in [1.82, 2.24) is 19.7 Å². The standard InChI is InChI=1S/C24H23F3N4O2S/c1-16-13-21(24(25,26)27)29-31(16)14-22(32)30-11-9-18(10-12-30)23-28-19(15-34-23)6-3-17-4-7-20(33-2)8-5-17/h4-5,7-8,13,15,18H,9-12,14H2,1-2H3. The van der Waals surface area contributed by atoms with Crippen molar-refractivity contribution in [2.45, 2.75) is 38.4 Å². The van der Waals surface area contributed by atoms with E-state index < -0.39 is 11.9 Å². The van der Waals surface area contributed by atoms with Crippen LogP contribution >= 0.6 is 11.3 Å². The van der Waals surface area contributed by atoms with Crippen LogP contribution in [0.3, 0.4) is 0 Å². The summed E-state index contributed by atoms with van der Waals surface area (Å²) in [5.41, 5.74) is 0.911. The summed E-state index contributed by atoms with van der Waals surface area (Å²) in [5.74, 6) is 6.95. The van der Waals surface area contributed by atoms with E-state index in [-0.39, 0.29) is 18.4 Å². The second-order valence-corrected chi connectivity index (χ2v) is 8.92. The number of carbonyl (C=O) groups is 1. The molecule has 10 heteroatoms. The number of piperidine rings is 1. The zero-order chi connectivity index (χ0) is 24.3. The molecular formula is C24H23F3N4O2S. The molecule has 0 spiro atoms. The van der Waals surface area contributed by atoms with Crippen molar-refractivity contribution in [2.24, 2.45) is 0 Å². The van der Waals surface area contributed by atoms with Crippen LogP contribution in [0.15, 0.2) is 35.7 Å². The highest BCUT2D eigenvalue weighted by Gasteiger charge is 2.35. The van der Waals surface area contributed by atoms with Crippen molar-refractivity contribution in [3.8, 4) is 17.6 Å². The minimum atomic E-state index is -4.52. The Kier molecular flexibility index (Phi) is 6.93. The van der Waals surface area contributed by atoms with Crippen molar-refractivity contribution < 1.29 is 22.7 Å². The molecule has 0 unspecified atom stereocenters. The maximum absolute atomic E-state index is 12.9. The summed E-state index contributed by atoms with van der Waals surface area (Å²) in [6.07, 6.45) is -3.03. The van der Waals surface area contributed by atoms with Crippen molar-refractivity contribution in [2.75, 3.05) is 20.2 Å². The summed E-state index contributed by atoms with van der Waals surface area (Å²) in [5, 5.41) is 6.47. The highest BCUT2D eigenvalue weighted by molar-refractivity contribution is 7.09. The fourth-order valence-electron chi connectivity index (χ4n) is 3.76. The smallest absolute Gasteiger partial charge is 0.435 e. The fraction of sp³-hybridized carbons (Fsp3) is 0.375. The molecule has 1 fully saturated rings. The van der Waals surface area contributed by atoms with Gasteiger partial charge in [-0.2, -0.15) is 18.3 Å². The summed E-state index contributed by atoms with van der Waals surface area (Å²) in [6, 6.07) is 8.45. The Balaban J connectivity index is 1.32. The Labute approximate surface area is 199 Å². The quantitative estimate of drug-likeness (QED) is 0.508. The van der Waals surface area contributed by atoms with Crippen LogP contribution in [0.1, 0.15) is 46.4 Å². The van der Waals surface area contributed by atoms with Crippen molar-refractivity contribution in [3.63, 3.8) is 0 Å². The number of halogens is 3. The predicted octanol–water partition coefficient (Wildman–Crippen LogP) is 4.48. The van der Waals surface area contributed by atoms with Crippen LogP contribution in [0, 0.1) is 18.8 Å². The molecule has 178 valence electrons. The number of methoxy groups -OCH3 is 1. The number of aryl methyl sites for hydroxylation is 1. The Morgan fingerprint density at radius 3 is 2.53 bits per heavy atom. The van der Waals surface area contributed by atoms with E-state index in [4.69, 9.17) is 4.74 Å². The first-order valence-electron chi connectivity index (χ1n) is 10.7. The molecule has 1 amide bonds. The maximum Gasteiger partial charge on any atom is 0.435 e. The lowest BCUT2D eigenvalue weighted by Crippen LogP contribution is -2.40. The number of aromatic nitrogens is 3. The third kappa shape index (κ3) is 5.59. The molecule has 0 bridgehead atoms. The van der Waals surface area contributed by atoms with Crippen molar-refractivity contribution in [3.05, 3.63) is 63.4 Å². The predicted molar refractivity (Wildman–Crippen MR) is 122 cm³/mol. The number of amides is 1. The van der Waals surface area contributed by atoms with Crippen LogP contribution in [0.25, 0.3) is 0 Å². The number of rotatable bonds is 4. The molecule has 0 atom stereocenters. The molecular weight excluding hydrogens is 465 g/mol. The molecule has 3 aromatic rings. The van der Waals surface area contributed by atoms with Gasteiger partial charge in [-0.25, -0.2) is 4.98 Å². The number of hydrogen-bond donors (Lipinski definition) is 0. The summed E-state index contributed by atoms with van der Waals surface area (Å²) in [4.78, 5) is 19.0. The Bertz CT molecular complexity index is 1210. The van der Waals surface area contributed by atoms with Gasteiger partial charge in [0.15, 0.2) is 5.69 Å². The second-order valence-electron chi connectivity index (χ2n) is 8.03. The van der Waals surface area contributed by atoms with Crippen LogP contribution < -0.4 is 4.74 Å². The Morgan fingerprint density at radius 1 is 1.21 bits per heavy atom. The lowest BCUT2D eigenvalue weighted by atomic mass is 9.97. The van der Waals surface area contributed by atoms with Gasteiger partial charge in [0.25, 0.3) is 0 Å². The van der Waals surface area contributed by atoms with E-state index in [9.17, 15) is 18.0 Å². The third-order valence-electron chi connectivity index (χ3n) is 5.70. The molecule has 1 saturated heterocycles. The monoisotopic (exact) mass is 488 g/mol. The van der Waals surface area contributed by atoms with Gasteiger partial charge < -0.3 is 9.64 Å². The highest BCUT2D eigenvalue weighted by atomic mass is 32.1. The van der Waals surface area contributed by atoms with Gasteiger partial charge >= 0.3 is 6.18 Å². The minimum Gasteiger partial charge on any atom is -0.497 e. The van der Waals surface area contributed by atoms with Gasteiger partial charge in [-0.05, 0) is 56.0 Å². The van der Waals surface area contributed by atoms with Crippen LogP contribution in [0.2, 0.25) is 0 Å². The largest absolute Gasteiger partial charge is 0.497 e. The van der Waals surface area contributed by atoms with Gasteiger partial charge in [-0.3, -0.25) is 9.48 Å². The third-order valence-corrected chi connectivity index (χ3v) is 6.71. The summed E-state index contributed by atoms with van der Waals surface area (Å²) < 4.78 is 44.8. The number of benzene rings is 1. The first-order valence-corrected chi connectivity index (χ1v) is 11.6. The summed E-state index contributed by atoms with van der Waals surface area (Å²) in [6.45, 7) is 2.37. The van der Waals surface area contributed by atoms with E-state index in [2.05, 4.69) is 21.9 Å². The van der Waals surface area contributed by atoms with E-state index >= 15 is 0 Å². The SMILES string of the molecule is COc1ccc(C#Cc2csc(C3CCN(C(=O)Cn4nc(C(F)(F)F)cc4C)CC3)n2)cc1. The van der Waals surface area contributed by atoms with E-state index in [0.29, 0.717) is 24.5 Å². The first kappa shape index (κ1) is 23.8. The van der Waals surface area contributed by atoms with Crippen LogP contribution in [0.5, 0.6) is 5.75 Å². The molecule has 0 radical (unpaired) electrons. The fourth-order valence-corrected chi connectivity index (χ4v) is 4.68. The molecule has 6 nitrogen and oxygen atoms in total. The number of nitrogens with zero attached hydrogens (tertiary/aromatic N) is 4. The number of hydrogen-bond acceptors (Lipinski definition) is 5. The molecule has 1 aromatic carbocycles. The van der Waals surface area contributed by atoms with Crippen LogP contribution in [0.4, 0.5) is 13.2 Å². The van der Waals surface area contributed by atoms with Gasteiger partial charge in [0, 0.05) is 35.6 Å². The number of alkyl halides is 3. The Morgan fingerprint density at radius 2 is 1.91 bits per heavy atom. The lowest BCUT2D eigenvalue weighted by molar-refractivity contribution is -0.142. The van der Waals surface area contributed by atoms with Crippen LogP contribution in [-0.4, -0.2) is 45.8 Å². The minimum absolute atomic E-state index is 0.199. The molecule has 1 aliphatic rings. The topological polar surface area (TPSA) is 60.2 Å². The number of thiazole rings is 1. The van der Waals surface area contributed by atoms with E-state index in [1.807, 2.05) is 29.6 Å². The van der Waals surface area contributed by atoms with Gasteiger partial charge in [0.2, 0.25) is 5.91 Å². The number of ether oxygens (including phenoxy) is 1. The maximum atomic E-state index is 12.9. The molecule has 3 heterocycles. The van der Waals surface area contributed by atoms with Gasteiger partial charge in [-0.1, -0.05) is 5.92 Å². The Hall–Kier alpha value is -3.32. The van der Waals surface area contributed by atoms with Gasteiger partial charge in [-0.15, -0.1) is 11.3 Å². The van der Waals surface area contributed by atoms with Gasteiger partial charge in [0.1, 0.15) is 18.0 Å². The van der Waals surface area contributed by atoms with E-state index in [1.165, 1.54) is 6.92 Å². The van der Waals surface area contributed by atoms with Crippen molar-refractivity contribution in [1.29, 1.82) is 0 Å². The molecule has 0 aliphatic carbocycles. The normalized spacial score (nSPS) is 14.6. The number of carbonyl (C=O) groups excluding carboxylic acids is 1. The average molecular weight is 489 g/mol. The zero-order valence-electron chi connectivity index (χ0n) is 18.7. The molecule has 0 saturated carbocycles. The summed E-state index contributed by atoms with van der Waals surface area (Å²) >= 11 is 1.56. The van der Waals surface area contributed by atoms with Gasteiger partial charge in [0.05, 0.1) is 12.1 Å². The molecule has 0 N–H and O–H groups in total. The second kappa shape index (κ2) is 9.89. The first-order chi connectivity index (χ1) is 16.2. The van der Waals surface area contributed by atoms with Crippen LogP contribution in [-0.2, 0) is 17.5 Å². The van der Waals surface area contributed by atoms with E-state index in [0.717, 1.165) is 39.9 Å². The van der Waals surface area contributed by atoms with E-state index in [1.54, 1.807) is 23.3 Å². The molecule has 34 heavy (non-hydrogen) atoms. The molecule has 4 rings (SSSR count). The number of likely N-dealkylation sites (tertiary alicyclic amines) is 1. The zero-order valence-corrected chi connectivity index (χ0v) is 19.5. The molecule has 2 aromatic heterocycles. The van der Waals surface area contributed by atoms with Crippen molar-refractivity contribution >= 4 is 17.2 Å². The average Bonchev–Trinajstić information content (AvgIpc) is 3.45. The highest BCUT2D eigenvalue weighted by Crippen LogP contribution is 2.31. The lowest BCUT2D eigenvalue weighted by Gasteiger charge is -2.31.